The van der Waals surface area contributed by atoms with Crippen molar-refractivity contribution in [2.24, 2.45) is 5.10 Å². The van der Waals surface area contributed by atoms with Crippen LogP contribution in [0.25, 0.3) is 5.69 Å². The monoisotopic (exact) mass is 406 g/mol. The highest BCUT2D eigenvalue weighted by molar-refractivity contribution is 6.01. The van der Waals surface area contributed by atoms with Crippen molar-refractivity contribution in [3.63, 3.8) is 0 Å². The molecule has 1 amide bonds. The van der Waals surface area contributed by atoms with Gasteiger partial charge in [0.2, 0.25) is 0 Å². The molecular formula is C23H26N4O3. The van der Waals surface area contributed by atoms with Gasteiger partial charge in [0.25, 0.3) is 11.5 Å². The van der Waals surface area contributed by atoms with Gasteiger partial charge >= 0.3 is 0 Å². The van der Waals surface area contributed by atoms with E-state index in [0.29, 0.717) is 22.5 Å². The number of rotatable bonds is 4. The third-order valence-corrected chi connectivity index (χ3v) is 4.88. The van der Waals surface area contributed by atoms with E-state index in [9.17, 15) is 14.7 Å². The number of hydrogen-bond acceptors (Lipinski definition) is 4. The fourth-order valence-corrected chi connectivity index (χ4v) is 3.13. The van der Waals surface area contributed by atoms with E-state index in [0.717, 1.165) is 5.69 Å². The lowest BCUT2D eigenvalue weighted by atomic mass is 9.87. The molecule has 3 N–H and O–H groups in total. The number of benzene rings is 2. The molecule has 0 bridgehead atoms. The minimum absolute atomic E-state index is 0.0270. The third-order valence-electron chi connectivity index (χ3n) is 4.88. The Kier molecular flexibility index (Phi) is 5.64. The van der Waals surface area contributed by atoms with Gasteiger partial charge in [0.1, 0.15) is 5.75 Å². The van der Waals surface area contributed by atoms with Crippen LogP contribution < -0.4 is 11.0 Å². The number of aromatic amines is 1. The van der Waals surface area contributed by atoms with Gasteiger partial charge in [-0.1, -0.05) is 32.9 Å². The van der Waals surface area contributed by atoms with E-state index >= 15 is 0 Å². The minimum Gasteiger partial charge on any atom is -0.508 e. The molecule has 0 fully saturated rings. The molecule has 2 aromatic carbocycles. The molecule has 7 heteroatoms. The van der Waals surface area contributed by atoms with Gasteiger partial charge in [-0.3, -0.25) is 14.7 Å². The highest BCUT2D eigenvalue weighted by Gasteiger charge is 2.17. The minimum atomic E-state index is -0.430. The summed E-state index contributed by atoms with van der Waals surface area (Å²) in [6.07, 6.45) is 0. The van der Waals surface area contributed by atoms with Gasteiger partial charge in [-0.25, -0.2) is 10.1 Å². The highest BCUT2D eigenvalue weighted by atomic mass is 16.3. The van der Waals surface area contributed by atoms with Crippen molar-refractivity contribution >= 4 is 11.6 Å². The molecule has 30 heavy (non-hydrogen) atoms. The molecule has 0 saturated heterocycles. The van der Waals surface area contributed by atoms with Crippen LogP contribution in [0, 0.1) is 6.92 Å². The second kappa shape index (κ2) is 8.02. The predicted octanol–water partition coefficient (Wildman–Crippen LogP) is 3.63. The number of amides is 1. The van der Waals surface area contributed by atoms with Crippen LogP contribution in [-0.2, 0) is 5.41 Å². The number of H-pyrrole nitrogens is 1. The smallest absolute Gasteiger partial charge is 0.280 e. The summed E-state index contributed by atoms with van der Waals surface area (Å²) in [6, 6.07) is 13.7. The van der Waals surface area contributed by atoms with Crippen molar-refractivity contribution in [3.05, 3.63) is 81.3 Å². The van der Waals surface area contributed by atoms with Crippen LogP contribution in [0.15, 0.2) is 58.4 Å². The summed E-state index contributed by atoms with van der Waals surface area (Å²) < 4.78 is 1.47. The molecule has 0 aliphatic rings. The molecule has 1 heterocycles. The van der Waals surface area contributed by atoms with Crippen LogP contribution in [0.4, 0.5) is 0 Å². The van der Waals surface area contributed by atoms with Crippen LogP contribution in [-0.4, -0.2) is 26.5 Å². The molecular weight excluding hydrogens is 380 g/mol. The largest absolute Gasteiger partial charge is 0.508 e. The summed E-state index contributed by atoms with van der Waals surface area (Å²) in [6.45, 7) is 9.87. The third kappa shape index (κ3) is 4.35. The summed E-state index contributed by atoms with van der Waals surface area (Å²) in [5.41, 5.74) is 5.94. The predicted molar refractivity (Wildman–Crippen MR) is 118 cm³/mol. The number of carbonyl (C=O) groups excluding carboxylic acids is 1. The lowest BCUT2D eigenvalue weighted by Crippen LogP contribution is -2.23. The zero-order valence-electron chi connectivity index (χ0n) is 17.8. The average molecular weight is 406 g/mol. The molecule has 3 rings (SSSR count). The van der Waals surface area contributed by atoms with Crippen LogP contribution >= 0.6 is 0 Å². The van der Waals surface area contributed by atoms with Gasteiger partial charge in [0.15, 0.2) is 0 Å². The zero-order valence-corrected chi connectivity index (χ0v) is 17.8. The Morgan fingerprint density at radius 1 is 1.07 bits per heavy atom. The van der Waals surface area contributed by atoms with E-state index < -0.39 is 5.91 Å². The van der Waals surface area contributed by atoms with Crippen molar-refractivity contribution in [1.29, 1.82) is 0 Å². The Hall–Kier alpha value is -3.61. The number of nitrogens with one attached hydrogen (secondary N) is 2. The van der Waals surface area contributed by atoms with Crippen molar-refractivity contribution < 1.29 is 9.90 Å². The Balaban J connectivity index is 1.85. The number of phenolic OH excluding ortho intramolecular Hbond substituents is 1. The molecule has 0 aliphatic heterocycles. The number of aryl methyl sites for hydroxylation is 1. The van der Waals surface area contributed by atoms with Gasteiger partial charge in [-0.2, -0.15) is 5.10 Å². The first kappa shape index (κ1) is 21.1. The van der Waals surface area contributed by atoms with Gasteiger partial charge < -0.3 is 5.11 Å². The molecule has 0 unspecified atom stereocenters. The summed E-state index contributed by atoms with van der Waals surface area (Å²) in [5, 5.41) is 16.5. The summed E-state index contributed by atoms with van der Waals surface area (Å²) in [5.74, 6) is -0.356. The molecule has 0 saturated carbocycles. The lowest BCUT2D eigenvalue weighted by Gasteiger charge is -2.19. The number of aromatic nitrogens is 2. The van der Waals surface area contributed by atoms with Crippen molar-refractivity contribution in [2.45, 2.75) is 40.0 Å². The maximum absolute atomic E-state index is 13.0. The maximum Gasteiger partial charge on any atom is 0.280 e. The van der Waals surface area contributed by atoms with Gasteiger partial charge in [-0.15, -0.1) is 0 Å². The van der Waals surface area contributed by atoms with E-state index in [-0.39, 0.29) is 16.7 Å². The van der Waals surface area contributed by atoms with Crippen LogP contribution in [0.3, 0.4) is 0 Å². The van der Waals surface area contributed by atoms with E-state index in [1.807, 2.05) is 24.3 Å². The first-order chi connectivity index (χ1) is 14.1. The molecule has 0 radical (unpaired) electrons. The lowest BCUT2D eigenvalue weighted by molar-refractivity contribution is 0.0955. The summed E-state index contributed by atoms with van der Waals surface area (Å²) in [7, 11) is 0. The maximum atomic E-state index is 13.0. The Labute approximate surface area is 175 Å². The fourth-order valence-electron chi connectivity index (χ4n) is 3.13. The molecule has 156 valence electrons. The number of hydrazone groups is 1. The number of nitrogens with zero attached hydrogens (tertiary/aromatic N) is 2. The topological polar surface area (TPSA) is 99.5 Å². The summed E-state index contributed by atoms with van der Waals surface area (Å²) >= 11 is 0. The van der Waals surface area contributed by atoms with Crippen LogP contribution in [0.2, 0.25) is 0 Å². The van der Waals surface area contributed by atoms with Crippen molar-refractivity contribution in [2.75, 3.05) is 0 Å². The quantitative estimate of drug-likeness (QED) is 0.456. The first-order valence-electron chi connectivity index (χ1n) is 9.64. The summed E-state index contributed by atoms with van der Waals surface area (Å²) in [4.78, 5) is 25.2. The number of carbonyl (C=O) groups is 1. The van der Waals surface area contributed by atoms with E-state index in [2.05, 4.69) is 36.4 Å². The molecule has 7 nitrogen and oxygen atoms in total. The van der Waals surface area contributed by atoms with Crippen molar-refractivity contribution in [3.8, 4) is 11.4 Å². The first-order valence-corrected chi connectivity index (χ1v) is 9.64. The van der Waals surface area contributed by atoms with Gasteiger partial charge in [-0.05, 0) is 61.2 Å². The standard InChI is InChI=1S/C23H26N4O3/c1-14(24-25-21(29)16-6-12-19(28)13-7-16)20-15(2)26-27(22(20)30)18-10-8-17(9-11-18)23(3,4)5/h6-13,26,28H,1-5H3,(H,25,29)/b24-14+. The second-order valence-corrected chi connectivity index (χ2v) is 8.23. The highest BCUT2D eigenvalue weighted by Crippen LogP contribution is 2.23. The van der Waals surface area contributed by atoms with E-state index in [1.165, 1.54) is 34.5 Å². The van der Waals surface area contributed by atoms with Gasteiger partial charge in [0, 0.05) is 11.3 Å². The van der Waals surface area contributed by atoms with Gasteiger partial charge in [0.05, 0.1) is 17.0 Å². The number of hydrogen-bond donors (Lipinski definition) is 3. The Bertz CT molecular complexity index is 1150. The van der Waals surface area contributed by atoms with Crippen LogP contribution in [0.5, 0.6) is 5.75 Å². The number of phenols is 1. The van der Waals surface area contributed by atoms with E-state index in [4.69, 9.17) is 0 Å². The van der Waals surface area contributed by atoms with Crippen LogP contribution in [0.1, 0.15) is 54.9 Å². The Morgan fingerprint density at radius 3 is 2.23 bits per heavy atom. The zero-order chi connectivity index (χ0) is 22.1. The molecule has 3 aromatic rings. The van der Waals surface area contributed by atoms with E-state index in [1.54, 1.807) is 13.8 Å². The molecule has 1 aromatic heterocycles. The second-order valence-electron chi connectivity index (χ2n) is 8.23. The van der Waals surface area contributed by atoms with Crippen molar-refractivity contribution in [1.82, 2.24) is 15.2 Å². The SMILES string of the molecule is C/C(=N\NC(=O)c1ccc(O)cc1)c1c(C)[nH]n(-c2ccc(C(C)(C)C)cc2)c1=O. The average Bonchev–Trinajstić information content (AvgIpc) is 3.00. The normalized spacial score (nSPS) is 12.1. The number of aromatic hydroxyl groups is 1. The molecule has 0 atom stereocenters. The molecule has 0 aliphatic carbocycles. The Morgan fingerprint density at radius 2 is 1.67 bits per heavy atom. The fraction of sp³-hybridized carbons (Fsp3) is 0.261. The molecule has 0 spiro atoms.